The van der Waals surface area contributed by atoms with Crippen molar-refractivity contribution in [1.29, 1.82) is 0 Å². The second kappa shape index (κ2) is 5.97. The molecule has 0 radical (unpaired) electrons. The summed E-state index contributed by atoms with van der Waals surface area (Å²) < 4.78 is 100. The van der Waals surface area contributed by atoms with Gasteiger partial charge in [-0.1, -0.05) is 15.9 Å². The van der Waals surface area contributed by atoms with Gasteiger partial charge in [-0.25, -0.2) is 13.2 Å². The number of Topliss-reactive ketones (excluding diaryl/α,β-unsaturated/α-hetero) is 1. The highest BCUT2D eigenvalue weighted by atomic mass is 79.9. The van der Waals surface area contributed by atoms with Crippen LogP contribution in [0.3, 0.4) is 0 Å². The summed E-state index contributed by atoms with van der Waals surface area (Å²) in [7, 11) is 0. The van der Waals surface area contributed by atoms with Gasteiger partial charge < -0.3 is 4.74 Å². The van der Waals surface area contributed by atoms with Crippen LogP contribution in [0.4, 0.5) is 30.7 Å². The summed E-state index contributed by atoms with van der Waals surface area (Å²) in [4.78, 5) is 11.7. The first-order valence-electron chi connectivity index (χ1n) is 6.86. The Morgan fingerprint density at radius 3 is 2.23 bits per heavy atom. The zero-order valence-electron chi connectivity index (χ0n) is 12.3. The molecule has 2 aromatic rings. The minimum absolute atomic E-state index is 0.182. The van der Waals surface area contributed by atoms with E-state index in [1.54, 1.807) is 0 Å². The molecule has 26 heavy (non-hydrogen) atoms. The number of rotatable bonds is 3. The fourth-order valence-electron chi connectivity index (χ4n) is 2.60. The maximum Gasteiger partial charge on any atom is 0.376 e. The van der Waals surface area contributed by atoms with Gasteiger partial charge in [0.2, 0.25) is 5.78 Å². The lowest BCUT2D eigenvalue weighted by atomic mass is 10.0. The number of halogens is 8. The molecule has 138 valence electrons. The van der Waals surface area contributed by atoms with Crippen molar-refractivity contribution in [2.75, 3.05) is 0 Å². The van der Waals surface area contributed by atoms with E-state index < -0.39 is 52.3 Å². The van der Waals surface area contributed by atoms with Gasteiger partial charge >= 0.3 is 11.8 Å². The zero-order chi connectivity index (χ0) is 19.4. The second-order valence-corrected chi connectivity index (χ2v) is 6.30. The van der Waals surface area contributed by atoms with Crippen molar-refractivity contribution < 1.29 is 40.3 Å². The fraction of sp³-hybridized carbons (Fsp3) is 0.188. The molecule has 0 heterocycles. The molecular formula is C16H6BrF7O2. The van der Waals surface area contributed by atoms with Crippen LogP contribution >= 0.6 is 15.9 Å². The molecule has 10 heteroatoms. The van der Waals surface area contributed by atoms with E-state index in [0.29, 0.717) is 12.1 Å². The molecule has 0 unspecified atom stereocenters. The van der Waals surface area contributed by atoms with Crippen LogP contribution in [-0.2, 0) is 5.92 Å². The largest absolute Gasteiger partial charge is 0.457 e. The van der Waals surface area contributed by atoms with Gasteiger partial charge in [-0.2, -0.15) is 17.6 Å². The number of fused-ring (bicyclic) bond motifs is 1. The summed E-state index contributed by atoms with van der Waals surface area (Å²) in [6, 6.07) is 4.05. The van der Waals surface area contributed by atoms with Gasteiger partial charge in [-0.3, -0.25) is 4.79 Å². The van der Waals surface area contributed by atoms with Gasteiger partial charge in [0.15, 0.2) is 0 Å². The van der Waals surface area contributed by atoms with Gasteiger partial charge in [0.1, 0.15) is 17.3 Å². The normalized spacial score (nSPS) is 17.5. The first-order valence-corrected chi connectivity index (χ1v) is 7.66. The standard InChI is InChI=1S/C16H6BrF7O2/c17-6-3-7(18)5-8(4-6)26-10-2-1-9-11(12(10)14(19)20)13(25)16(23,24)15(9,21)22/h1-5,14H. The Bertz CT molecular complexity index is 891. The highest BCUT2D eigenvalue weighted by Gasteiger charge is 2.70. The second-order valence-electron chi connectivity index (χ2n) is 5.39. The van der Waals surface area contributed by atoms with Crippen LogP contribution < -0.4 is 4.74 Å². The lowest BCUT2D eigenvalue weighted by molar-refractivity contribution is -0.176. The quantitative estimate of drug-likeness (QED) is 0.525. The van der Waals surface area contributed by atoms with Crippen LogP contribution in [0.15, 0.2) is 34.8 Å². The molecule has 0 fully saturated rings. The van der Waals surface area contributed by atoms with Crippen LogP contribution in [0.5, 0.6) is 11.5 Å². The van der Waals surface area contributed by atoms with Crippen LogP contribution in [0.1, 0.15) is 27.9 Å². The average molecular weight is 443 g/mol. The van der Waals surface area contributed by atoms with E-state index in [1.807, 2.05) is 0 Å². The van der Waals surface area contributed by atoms with Gasteiger partial charge in [0, 0.05) is 21.7 Å². The van der Waals surface area contributed by atoms with Crippen molar-refractivity contribution in [2.24, 2.45) is 0 Å². The molecule has 0 spiro atoms. The molecule has 2 nitrogen and oxygen atoms in total. The maximum atomic E-state index is 13.8. The minimum atomic E-state index is -5.15. The molecule has 0 N–H and O–H groups in total. The summed E-state index contributed by atoms with van der Waals surface area (Å²) in [5, 5.41) is 0. The molecule has 0 atom stereocenters. The van der Waals surface area contributed by atoms with E-state index in [2.05, 4.69) is 15.9 Å². The predicted octanol–water partition coefficient (Wildman–Crippen LogP) is 6.24. The Kier molecular flexibility index (Phi) is 4.29. The highest BCUT2D eigenvalue weighted by Crippen LogP contribution is 2.55. The third-order valence-corrected chi connectivity index (χ3v) is 4.19. The molecule has 1 aliphatic rings. The van der Waals surface area contributed by atoms with Crippen LogP contribution in [0.25, 0.3) is 0 Å². The monoisotopic (exact) mass is 442 g/mol. The van der Waals surface area contributed by atoms with Crippen molar-refractivity contribution in [3.63, 3.8) is 0 Å². The Labute approximate surface area is 149 Å². The van der Waals surface area contributed by atoms with Gasteiger partial charge in [0.25, 0.3) is 6.43 Å². The summed E-state index contributed by atoms with van der Waals surface area (Å²) in [6.45, 7) is 0. The molecular weight excluding hydrogens is 437 g/mol. The number of ketones is 1. The third-order valence-electron chi connectivity index (χ3n) is 3.73. The number of hydrogen-bond acceptors (Lipinski definition) is 2. The molecule has 0 saturated carbocycles. The van der Waals surface area contributed by atoms with Crippen molar-refractivity contribution in [2.45, 2.75) is 18.3 Å². The summed E-state index contributed by atoms with van der Waals surface area (Å²) >= 11 is 2.94. The topological polar surface area (TPSA) is 26.3 Å². The molecule has 0 bridgehead atoms. The van der Waals surface area contributed by atoms with Crippen LogP contribution in [0, 0.1) is 5.82 Å². The maximum absolute atomic E-state index is 13.8. The number of carbonyl (C=O) groups is 1. The Hall–Kier alpha value is -2.10. The minimum Gasteiger partial charge on any atom is -0.457 e. The smallest absolute Gasteiger partial charge is 0.376 e. The molecule has 0 aromatic heterocycles. The van der Waals surface area contributed by atoms with Crippen molar-refractivity contribution >= 4 is 21.7 Å². The molecule has 2 aromatic carbocycles. The number of ether oxygens (including phenoxy) is 1. The molecule has 0 aliphatic heterocycles. The van der Waals surface area contributed by atoms with Crippen LogP contribution in [-0.4, -0.2) is 11.7 Å². The fourth-order valence-corrected chi connectivity index (χ4v) is 3.04. The number of carbonyl (C=O) groups excluding carboxylic acids is 1. The highest BCUT2D eigenvalue weighted by molar-refractivity contribution is 9.10. The molecule has 1 aliphatic carbocycles. The molecule has 0 amide bonds. The van der Waals surface area contributed by atoms with E-state index >= 15 is 0 Å². The predicted molar refractivity (Wildman–Crippen MR) is 78.7 cm³/mol. The SMILES string of the molecule is O=C1c2c(ccc(Oc3cc(F)cc(Br)c3)c2C(F)F)C(F)(F)C1(F)F. The zero-order valence-corrected chi connectivity index (χ0v) is 13.9. The van der Waals surface area contributed by atoms with Crippen molar-refractivity contribution in [1.82, 2.24) is 0 Å². The Balaban J connectivity index is 2.19. The first-order chi connectivity index (χ1) is 12.0. The molecule has 3 rings (SSSR count). The average Bonchev–Trinajstić information content (AvgIpc) is 2.64. The number of hydrogen-bond donors (Lipinski definition) is 0. The van der Waals surface area contributed by atoms with E-state index in [4.69, 9.17) is 4.74 Å². The van der Waals surface area contributed by atoms with Gasteiger partial charge in [0.05, 0.1) is 5.56 Å². The molecule has 0 saturated heterocycles. The summed E-state index contributed by atoms with van der Waals surface area (Å²) in [5.74, 6) is -14.4. The van der Waals surface area contributed by atoms with Gasteiger partial charge in [-0.15, -0.1) is 0 Å². The number of alkyl halides is 6. The van der Waals surface area contributed by atoms with Gasteiger partial charge in [-0.05, 0) is 24.3 Å². The van der Waals surface area contributed by atoms with E-state index in [-0.39, 0.29) is 10.2 Å². The summed E-state index contributed by atoms with van der Waals surface area (Å²) in [6.07, 6.45) is -3.56. The summed E-state index contributed by atoms with van der Waals surface area (Å²) in [5.41, 5.74) is -4.39. The van der Waals surface area contributed by atoms with Crippen molar-refractivity contribution in [3.05, 3.63) is 57.3 Å². The Morgan fingerprint density at radius 1 is 1.00 bits per heavy atom. The number of benzene rings is 2. The lowest BCUT2D eigenvalue weighted by Gasteiger charge is -2.17. The van der Waals surface area contributed by atoms with E-state index in [1.165, 1.54) is 6.07 Å². The first kappa shape index (κ1) is 18.7. The Morgan fingerprint density at radius 2 is 1.65 bits per heavy atom. The third kappa shape index (κ3) is 2.67. The lowest BCUT2D eigenvalue weighted by Crippen LogP contribution is -2.38. The van der Waals surface area contributed by atoms with E-state index in [0.717, 1.165) is 12.1 Å². The van der Waals surface area contributed by atoms with E-state index in [9.17, 15) is 35.5 Å². The van der Waals surface area contributed by atoms with Crippen LogP contribution in [0.2, 0.25) is 0 Å². The van der Waals surface area contributed by atoms with Crippen molar-refractivity contribution in [3.8, 4) is 11.5 Å².